The molecule has 0 spiro atoms. The standard InChI is InChI=1S/C19H25NO/c1-4-20-19(18-11-13(2)21-14(18)3)17-10-9-15-7-5-6-8-16(15)12-17/h5-8,11,17,19-20H,4,9-10,12H2,1-3H3. The Labute approximate surface area is 127 Å². The summed E-state index contributed by atoms with van der Waals surface area (Å²) in [6.07, 6.45) is 3.61. The van der Waals surface area contributed by atoms with Crippen LogP contribution in [0.1, 0.15) is 47.6 Å². The highest BCUT2D eigenvalue weighted by molar-refractivity contribution is 5.32. The fourth-order valence-corrected chi connectivity index (χ4v) is 3.72. The number of hydrogen-bond donors (Lipinski definition) is 1. The van der Waals surface area contributed by atoms with E-state index < -0.39 is 0 Å². The third-order valence-electron chi connectivity index (χ3n) is 4.69. The third kappa shape index (κ3) is 2.91. The number of aryl methyl sites for hydroxylation is 3. The monoisotopic (exact) mass is 283 g/mol. The van der Waals surface area contributed by atoms with Gasteiger partial charge < -0.3 is 9.73 Å². The molecule has 1 aromatic heterocycles. The molecule has 1 aliphatic rings. The average molecular weight is 283 g/mol. The van der Waals surface area contributed by atoms with Crippen LogP contribution in [0.3, 0.4) is 0 Å². The first-order chi connectivity index (χ1) is 10.2. The van der Waals surface area contributed by atoms with Crippen molar-refractivity contribution in [2.24, 2.45) is 5.92 Å². The molecule has 3 rings (SSSR count). The summed E-state index contributed by atoms with van der Waals surface area (Å²) < 4.78 is 5.76. The number of rotatable bonds is 4. The van der Waals surface area contributed by atoms with Crippen LogP contribution in [0.4, 0.5) is 0 Å². The molecule has 1 N–H and O–H groups in total. The van der Waals surface area contributed by atoms with E-state index in [0.29, 0.717) is 12.0 Å². The average Bonchev–Trinajstić information content (AvgIpc) is 2.83. The number of fused-ring (bicyclic) bond motifs is 1. The molecule has 0 radical (unpaired) electrons. The van der Waals surface area contributed by atoms with E-state index in [1.807, 2.05) is 6.92 Å². The largest absolute Gasteiger partial charge is 0.466 e. The van der Waals surface area contributed by atoms with Gasteiger partial charge >= 0.3 is 0 Å². The second-order valence-corrected chi connectivity index (χ2v) is 6.18. The lowest BCUT2D eigenvalue weighted by Gasteiger charge is -2.32. The number of nitrogens with one attached hydrogen (secondary N) is 1. The first-order valence-corrected chi connectivity index (χ1v) is 8.06. The molecule has 0 bridgehead atoms. The van der Waals surface area contributed by atoms with Crippen LogP contribution in [0.25, 0.3) is 0 Å². The van der Waals surface area contributed by atoms with Gasteiger partial charge in [-0.2, -0.15) is 0 Å². The summed E-state index contributed by atoms with van der Waals surface area (Å²) >= 11 is 0. The summed E-state index contributed by atoms with van der Waals surface area (Å²) in [6.45, 7) is 7.30. The zero-order valence-corrected chi connectivity index (χ0v) is 13.3. The zero-order chi connectivity index (χ0) is 14.8. The van der Waals surface area contributed by atoms with Gasteiger partial charge in [0, 0.05) is 11.6 Å². The van der Waals surface area contributed by atoms with E-state index in [1.54, 1.807) is 0 Å². The van der Waals surface area contributed by atoms with Gasteiger partial charge in [0.1, 0.15) is 11.5 Å². The van der Waals surface area contributed by atoms with E-state index in [-0.39, 0.29) is 0 Å². The Hall–Kier alpha value is -1.54. The Bertz CT molecular complexity index is 614. The van der Waals surface area contributed by atoms with E-state index in [2.05, 4.69) is 49.5 Å². The molecule has 2 atom stereocenters. The predicted octanol–water partition coefficient (Wildman–Crippen LogP) is 4.35. The van der Waals surface area contributed by atoms with Crippen molar-refractivity contribution in [2.45, 2.75) is 46.1 Å². The summed E-state index contributed by atoms with van der Waals surface area (Å²) in [5.41, 5.74) is 4.40. The molecule has 2 heteroatoms. The lowest BCUT2D eigenvalue weighted by molar-refractivity contribution is 0.326. The van der Waals surface area contributed by atoms with Gasteiger partial charge in [-0.1, -0.05) is 31.2 Å². The second-order valence-electron chi connectivity index (χ2n) is 6.18. The summed E-state index contributed by atoms with van der Waals surface area (Å²) in [7, 11) is 0. The van der Waals surface area contributed by atoms with Crippen molar-refractivity contribution >= 4 is 0 Å². The molecule has 2 unspecified atom stereocenters. The first-order valence-electron chi connectivity index (χ1n) is 8.06. The molecule has 2 aromatic rings. The fraction of sp³-hybridized carbons (Fsp3) is 0.474. The van der Waals surface area contributed by atoms with Crippen LogP contribution in [0.15, 0.2) is 34.7 Å². The summed E-state index contributed by atoms with van der Waals surface area (Å²) in [6, 6.07) is 11.5. The smallest absolute Gasteiger partial charge is 0.105 e. The van der Waals surface area contributed by atoms with Gasteiger partial charge in [0.15, 0.2) is 0 Å². The van der Waals surface area contributed by atoms with Crippen molar-refractivity contribution in [1.82, 2.24) is 5.32 Å². The summed E-state index contributed by atoms with van der Waals surface area (Å²) in [5.74, 6) is 2.73. The molecule has 21 heavy (non-hydrogen) atoms. The fourth-order valence-electron chi connectivity index (χ4n) is 3.72. The van der Waals surface area contributed by atoms with Crippen LogP contribution in [-0.4, -0.2) is 6.54 Å². The van der Waals surface area contributed by atoms with Gasteiger partial charge in [-0.25, -0.2) is 0 Å². The molecule has 1 aromatic carbocycles. The van der Waals surface area contributed by atoms with Crippen molar-refractivity contribution < 1.29 is 4.42 Å². The minimum Gasteiger partial charge on any atom is -0.466 e. The number of furan rings is 1. The van der Waals surface area contributed by atoms with Gasteiger partial charge in [-0.05, 0) is 62.8 Å². The van der Waals surface area contributed by atoms with Gasteiger partial charge in [0.2, 0.25) is 0 Å². The Morgan fingerprint density at radius 1 is 1.24 bits per heavy atom. The minimum absolute atomic E-state index is 0.404. The maximum atomic E-state index is 5.76. The minimum atomic E-state index is 0.404. The van der Waals surface area contributed by atoms with Crippen molar-refractivity contribution in [1.29, 1.82) is 0 Å². The van der Waals surface area contributed by atoms with Crippen LogP contribution in [0.5, 0.6) is 0 Å². The lowest BCUT2D eigenvalue weighted by Crippen LogP contribution is -2.32. The van der Waals surface area contributed by atoms with E-state index in [9.17, 15) is 0 Å². The zero-order valence-electron chi connectivity index (χ0n) is 13.3. The second kappa shape index (κ2) is 6.07. The Morgan fingerprint density at radius 3 is 2.67 bits per heavy atom. The molecule has 2 nitrogen and oxygen atoms in total. The summed E-state index contributed by atoms with van der Waals surface area (Å²) in [4.78, 5) is 0. The SMILES string of the molecule is CCNC(c1cc(C)oc1C)C1CCc2ccccc2C1. The lowest BCUT2D eigenvalue weighted by atomic mass is 9.78. The molecule has 0 aliphatic heterocycles. The summed E-state index contributed by atoms with van der Waals surface area (Å²) in [5, 5.41) is 3.69. The van der Waals surface area contributed by atoms with Crippen LogP contribution >= 0.6 is 0 Å². The molecule has 0 fully saturated rings. The molecule has 0 saturated heterocycles. The van der Waals surface area contributed by atoms with Crippen molar-refractivity contribution in [3.05, 3.63) is 58.5 Å². The van der Waals surface area contributed by atoms with E-state index in [0.717, 1.165) is 24.5 Å². The highest BCUT2D eigenvalue weighted by Crippen LogP contribution is 2.36. The van der Waals surface area contributed by atoms with Crippen LogP contribution in [0, 0.1) is 19.8 Å². The number of benzene rings is 1. The molecule has 0 amide bonds. The van der Waals surface area contributed by atoms with E-state index in [1.165, 1.54) is 29.5 Å². The van der Waals surface area contributed by atoms with E-state index >= 15 is 0 Å². The van der Waals surface area contributed by atoms with Crippen molar-refractivity contribution in [2.75, 3.05) is 6.54 Å². The molecule has 112 valence electrons. The molecule has 1 heterocycles. The molecular formula is C19H25NO. The molecule has 1 aliphatic carbocycles. The Balaban J connectivity index is 1.87. The predicted molar refractivity (Wildman–Crippen MR) is 86.6 cm³/mol. The van der Waals surface area contributed by atoms with Gasteiger partial charge in [-0.3, -0.25) is 0 Å². The maximum absolute atomic E-state index is 5.76. The van der Waals surface area contributed by atoms with E-state index in [4.69, 9.17) is 4.42 Å². The first kappa shape index (κ1) is 14.4. The number of hydrogen-bond acceptors (Lipinski definition) is 2. The van der Waals surface area contributed by atoms with Gasteiger partial charge in [0.25, 0.3) is 0 Å². The van der Waals surface area contributed by atoms with Gasteiger partial charge in [-0.15, -0.1) is 0 Å². The Morgan fingerprint density at radius 2 is 2.00 bits per heavy atom. The highest BCUT2D eigenvalue weighted by Gasteiger charge is 2.29. The quantitative estimate of drug-likeness (QED) is 0.902. The topological polar surface area (TPSA) is 25.2 Å². The maximum Gasteiger partial charge on any atom is 0.105 e. The van der Waals surface area contributed by atoms with Crippen molar-refractivity contribution in [3.63, 3.8) is 0 Å². The van der Waals surface area contributed by atoms with Gasteiger partial charge in [0.05, 0.1) is 0 Å². The van der Waals surface area contributed by atoms with Crippen LogP contribution in [0.2, 0.25) is 0 Å². The van der Waals surface area contributed by atoms with Crippen LogP contribution in [-0.2, 0) is 12.8 Å². The highest BCUT2D eigenvalue weighted by atomic mass is 16.3. The van der Waals surface area contributed by atoms with Crippen molar-refractivity contribution in [3.8, 4) is 0 Å². The van der Waals surface area contributed by atoms with Crippen LogP contribution < -0.4 is 5.32 Å². The third-order valence-corrected chi connectivity index (χ3v) is 4.69. The Kier molecular flexibility index (Phi) is 4.16. The normalized spacial score (nSPS) is 19.3. The molecule has 0 saturated carbocycles. The molecular weight excluding hydrogens is 258 g/mol.